The van der Waals surface area contributed by atoms with Gasteiger partial charge in [0.1, 0.15) is 5.75 Å². The standard InChI is InChI=1S/C19H25N3O2S/c1-14-20-12-17(25-14)13-21-19(23)22-11-5-3-4-6-18(22)15-7-9-16(24-2)10-8-15/h7-10,12,18H,3-6,11,13H2,1-2H3,(H,21,23). The third-order valence-corrected chi connectivity index (χ3v) is 5.51. The van der Waals surface area contributed by atoms with Crippen LogP contribution in [0.1, 0.15) is 47.2 Å². The minimum absolute atomic E-state index is 0.00812. The molecule has 25 heavy (non-hydrogen) atoms. The quantitative estimate of drug-likeness (QED) is 0.886. The second-order valence-corrected chi connectivity index (χ2v) is 7.66. The van der Waals surface area contributed by atoms with Crippen LogP contribution in [-0.2, 0) is 6.54 Å². The minimum Gasteiger partial charge on any atom is -0.497 e. The summed E-state index contributed by atoms with van der Waals surface area (Å²) in [5, 5.41) is 4.09. The van der Waals surface area contributed by atoms with Gasteiger partial charge in [0, 0.05) is 17.6 Å². The molecule has 1 fully saturated rings. The van der Waals surface area contributed by atoms with Gasteiger partial charge in [-0.25, -0.2) is 9.78 Å². The molecular formula is C19H25N3O2S. The summed E-state index contributed by atoms with van der Waals surface area (Å²) in [6.45, 7) is 3.31. The molecule has 0 saturated carbocycles. The van der Waals surface area contributed by atoms with Crippen LogP contribution in [0.25, 0.3) is 0 Å². The molecule has 0 spiro atoms. The van der Waals surface area contributed by atoms with E-state index in [0.29, 0.717) is 6.54 Å². The molecule has 1 aromatic heterocycles. The number of benzene rings is 1. The fraction of sp³-hybridized carbons (Fsp3) is 0.474. The number of thiazole rings is 1. The van der Waals surface area contributed by atoms with Crippen LogP contribution in [0.2, 0.25) is 0 Å². The molecule has 1 N–H and O–H groups in total. The summed E-state index contributed by atoms with van der Waals surface area (Å²) in [6, 6.07) is 8.21. The van der Waals surface area contributed by atoms with E-state index in [9.17, 15) is 4.79 Å². The SMILES string of the molecule is COc1ccc(C2CCCCCN2C(=O)NCc2cnc(C)s2)cc1. The number of nitrogens with one attached hydrogen (secondary N) is 1. The first kappa shape index (κ1) is 17.7. The van der Waals surface area contributed by atoms with Crippen LogP contribution in [0.3, 0.4) is 0 Å². The summed E-state index contributed by atoms with van der Waals surface area (Å²) >= 11 is 1.62. The molecule has 6 heteroatoms. The van der Waals surface area contributed by atoms with Crippen molar-refractivity contribution in [2.45, 2.75) is 45.2 Å². The van der Waals surface area contributed by atoms with Gasteiger partial charge in [0.05, 0.1) is 24.7 Å². The summed E-state index contributed by atoms with van der Waals surface area (Å²) < 4.78 is 5.25. The maximum Gasteiger partial charge on any atom is 0.318 e. The second kappa shape index (κ2) is 8.34. The van der Waals surface area contributed by atoms with Crippen molar-refractivity contribution in [2.75, 3.05) is 13.7 Å². The smallest absolute Gasteiger partial charge is 0.318 e. The van der Waals surface area contributed by atoms with Gasteiger partial charge >= 0.3 is 6.03 Å². The van der Waals surface area contributed by atoms with Gasteiger partial charge < -0.3 is 15.0 Å². The lowest BCUT2D eigenvalue weighted by molar-refractivity contribution is 0.175. The number of amides is 2. The number of nitrogens with zero attached hydrogens (tertiary/aromatic N) is 2. The van der Waals surface area contributed by atoms with Gasteiger partial charge in [0.15, 0.2) is 0 Å². The molecular weight excluding hydrogens is 334 g/mol. The van der Waals surface area contributed by atoms with Crippen molar-refractivity contribution in [1.29, 1.82) is 0 Å². The first-order valence-electron chi connectivity index (χ1n) is 8.77. The number of aromatic nitrogens is 1. The van der Waals surface area contributed by atoms with E-state index in [1.165, 1.54) is 12.0 Å². The Hall–Kier alpha value is -2.08. The Morgan fingerprint density at radius 2 is 2.12 bits per heavy atom. The molecule has 3 rings (SSSR count). The molecule has 1 unspecified atom stereocenters. The highest BCUT2D eigenvalue weighted by atomic mass is 32.1. The fourth-order valence-corrected chi connectivity index (χ4v) is 4.01. The number of methoxy groups -OCH3 is 1. The molecule has 0 radical (unpaired) electrons. The Kier molecular flexibility index (Phi) is 5.91. The normalized spacial score (nSPS) is 17.8. The zero-order valence-corrected chi connectivity index (χ0v) is 15.6. The fourth-order valence-electron chi connectivity index (χ4n) is 3.28. The summed E-state index contributed by atoms with van der Waals surface area (Å²) in [6.07, 6.45) is 6.21. The molecule has 0 aliphatic carbocycles. The number of hydrogen-bond donors (Lipinski definition) is 1. The highest BCUT2D eigenvalue weighted by molar-refractivity contribution is 7.11. The van der Waals surface area contributed by atoms with E-state index in [4.69, 9.17) is 4.74 Å². The van der Waals surface area contributed by atoms with Gasteiger partial charge in [-0.3, -0.25) is 0 Å². The Morgan fingerprint density at radius 3 is 2.80 bits per heavy atom. The second-order valence-electron chi connectivity index (χ2n) is 6.34. The predicted octanol–water partition coefficient (Wildman–Crippen LogP) is 4.29. The lowest BCUT2D eigenvalue weighted by atomic mass is 10.0. The molecule has 1 atom stereocenters. The van der Waals surface area contributed by atoms with Gasteiger partial charge in [0.2, 0.25) is 0 Å². The van der Waals surface area contributed by atoms with Gasteiger partial charge in [-0.2, -0.15) is 0 Å². The molecule has 1 aliphatic heterocycles. The van der Waals surface area contributed by atoms with Crippen LogP contribution in [0.4, 0.5) is 4.79 Å². The molecule has 2 amide bonds. The highest BCUT2D eigenvalue weighted by Crippen LogP contribution is 2.31. The zero-order valence-electron chi connectivity index (χ0n) is 14.8. The highest BCUT2D eigenvalue weighted by Gasteiger charge is 2.26. The zero-order chi connectivity index (χ0) is 17.6. The van der Waals surface area contributed by atoms with Gasteiger partial charge in [-0.15, -0.1) is 11.3 Å². The van der Waals surface area contributed by atoms with E-state index in [2.05, 4.69) is 22.4 Å². The number of hydrogen-bond acceptors (Lipinski definition) is 4. The average molecular weight is 359 g/mol. The van der Waals surface area contributed by atoms with Crippen LogP contribution in [0, 0.1) is 6.92 Å². The Bertz CT molecular complexity index is 699. The molecule has 134 valence electrons. The van der Waals surface area contributed by atoms with Crippen molar-refractivity contribution in [3.63, 3.8) is 0 Å². The lowest BCUT2D eigenvalue weighted by Crippen LogP contribution is -2.41. The van der Waals surface area contributed by atoms with E-state index in [-0.39, 0.29) is 12.1 Å². The third kappa shape index (κ3) is 4.51. The number of rotatable bonds is 4. The summed E-state index contributed by atoms with van der Waals surface area (Å²) in [5.41, 5.74) is 1.17. The van der Waals surface area contributed by atoms with Crippen molar-refractivity contribution in [1.82, 2.24) is 15.2 Å². The van der Waals surface area contributed by atoms with Crippen molar-refractivity contribution >= 4 is 17.4 Å². The van der Waals surface area contributed by atoms with Crippen molar-refractivity contribution < 1.29 is 9.53 Å². The Balaban J connectivity index is 1.71. The number of likely N-dealkylation sites (tertiary alicyclic amines) is 1. The molecule has 1 aliphatic rings. The van der Waals surface area contributed by atoms with E-state index in [1.54, 1.807) is 18.4 Å². The van der Waals surface area contributed by atoms with Crippen molar-refractivity contribution in [2.24, 2.45) is 0 Å². The first-order valence-corrected chi connectivity index (χ1v) is 9.59. The number of ether oxygens (including phenoxy) is 1. The topological polar surface area (TPSA) is 54.5 Å². The lowest BCUT2D eigenvalue weighted by Gasteiger charge is -2.30. The summed E-state index contributed by atoms with van der Waals surface area (Å²) in [4.78, 5) is 20.1. The predicted molar refractivity (Wildman–Crippen MR) is 100.0 cm³/mol. The van der Waals surface area contributed by atoms with Crippen LogP contribution >= 0.6 is 11.3 Å². The van der Waals surface area contributed by atoms with E-state index < -0.39 is 0 Å². The Labute approximate surface area is 153 Å². The molecule has 5 nitrogen and oxygen atoms in total. The van der Waals surface area contributed by atoms with Crippen LogP contribution in [0.15, 0.2) is 30.5 Å². The third-order valence-electron chi connectivity index (χ3n) is 4.60. The van der Waals surface area contributed by atoms with E-state index >= 15 is 0 Å². The first-order chi connectivity index (χ1) is 12.2. The average Bonchev–Trinajstić information content (AvgIpc) is 2.90. The summed E-state index contributed by atoms with van der Waals surface area (Å²) in [7, 11) is 1.67. The van der Waals surface area contributed by atoms with Gasteiger partial charge in [0.25, 0.3) is 0 Å². The maximum atomic E-state index is 12.8. The van der Waals surface area contributed by atoms with Gasteiger partial charge in [-0.05, 0) is 37.5 Å². The number of urea groups is 1. The molecule has 1 saturated heterocycles. The number of aryl methyl sites for hydroxylation is 1. The monoisotopic (exact) mass is 359 g/mol. The van der Waals surface area contributed by atoms with Crippen molar-refractivity contribution in [3.8, 4) is 5.75 Å². The van der Waals surface area contributed by atoms with Gasteiger partial charge in [-0.1, -0.05) is 25.0 Å². The molecule has 2 heterocycles. The summed E-state index contributed by atoms with van der Waals surface area (Å²) in [5.74, 6) is 0.842. The van der Waals surface area contributed by atoms with Crippen LogP contribution in [-0.4, -0.2) is 29.6 Å². The van der Waals surface area contributed by atoms with Crippen molar-refractivity contribution in [3.05, 3.63) is 45.9 Å². The van der Waals surface area contributed by atoms with E-state index in [0.717, 1.165) is 41.4 Å². The minimum atomic E-state index is 0.00812. The number of carbonyl (C=O) groups excluding carboxylic acids is 1. The molecule has 1 aromatic carbocycles. The Morgan fingerprint density at radius 1 is 1.32 bits per heavy atom. The van der Waals surface area contributed by atoms with Crippen LogP contribution in [0.5, 0.6) is 5.75 Å². The van der Waals surface area contributed by atoms with Crippen LogP contribution < -0.4 is 10.1 Å². The number of carbonyl (C=O) groups is 1. The maximum absolute atomic E-state index is 12.8. The molecule has 0 bridgehead atoms. The molecule has 2 aromatic rings. The van der Waals surface area contributed by atoms with E-state index in [1.807, 2.05) is 30.2 Å². The largest absolute Gasteiger partial charge is 0.497 e.